The maximum Gasteiger partial charge on any atom is 0.159 e. The molecule has 1 fully saturated rings. The molecule has 1 N–H and O–H groups in total. The van der Waals surface area contributed by atoms with E-state index in [1.807, 2.05) is 0 Å². The number of sulfone groups is 1. The van der Waals surface area contributed by atoms with Gasteiger partial charge in [-0.3, -0.25) is 0 Å². The zero-order valence-electron chi connectivity index (χ0n) is 12.5. The Morgan fingerprint density at radius 2 is 1.90 bits per heavy atom. The molecule has 0 unspecified atom stereocenters. The fraction of sp³-hybridized carbons (Fsp3) is 0.625. The van der Waals surface area contributed by atoms with Crippen molar-refractivity contribution >= 4 is 9.84 Å². The third-order valence-electron chi connectivity index (χ3n) is 4.56. The minimum atomic E-state index is -3.60. The van der Waals surface area contributed by atoms with Crippen molar-refractivity contribution in [1.82, 2.24) is 0 Å². The van der Waals surface area contributed by atoms with E-state index in [2.05, 4.69) is 6.92 Å². The maximum atomic E-state index is 13.8. The van der Waals surface area contributed by atoms with E-state index in [9.17, 15) is 17.9 Å². The number of benzene rings is 1. The zero-order valence-corrected chi connectivity index (χ0v) is 13.4. The molecule has 0 aliphatic heterocycles. The average Bonchev–Trinajstić information content (AvgIpc) is 2.42. The van der Waals surface area contributed by atoms with Crippen LogP contribution in [0, 0.1) is 11.7 Å². The smallest absolute Gasteiger partial charge is 0.159 e. The third kappa shape index (κ3) is 3.83. The van der Waals surface area contributed by atoms with Crippen LogP contribution in [0.25, 0.3) is 0 Å². The number of rotatable bonds is 4. The van der Waals surface area contributed by atoms with E-state index in [0.717, 1.165) is 12.8 Å². The molecule has 1 saturated carbocycles. The Morgan fingerprint density at radius 1 is 1.33 bits per heavy atom. The Balaban J connectivity index is 2.17. The maximum absolute atomic E-state index is 13.8. The lowest BCUT2D eigenvalue weighted by Gasteiger charge is -2.35. The predicted octanol–water partition coefficient (Wildman–Crippen LogP) is 3.24. The van der Waals surface area contributed by atoms with Gasteiger partial charge in [0.25, 0.3) is 0 Å². The molecule has 1 aliphatic rings. The van der Waals surface area contributed by atoms with Crippen molar-refractivity contribution < 1.29 is 17.9 Å². The summed E-state index contributed by atoms with van der Waals surface area (Å²) >= 11 is 0. The van der Waals surface area contributed by atoms with Gasteiger partial charge in [-0.1, -0.05) is 25.1 Å². The van der Waals surface area contributed by atoms with Crippen LogP contribution in [-0.4, -0.2) is 24.9 Å². The molecule has 1 aliphatic carbocycles. The van der Waals surface area contributed by atoms with Gasteiger partial charge in [0.05, 0.1) is 16.6 Å². The molecule has 2 rings (SSSR count). The van der Waals surface area contributed by atoms with Crippen molar-refractivity contribution in [3.05, 3.63) is 35.6 Å². The van der Waals surface area contributed by atoms with E-state index in [4.69, 9.17) is 0 Å². The molecule has 0 spiro atoms. The van der Waals surface area contributed by atoms with Crippen LogP contribution in [0.1, 0.15) is 50.3 Å². The molecule has 1 aromatic rings. The first-order valence-electron chi connectivity index (χ1n) is 7.42. The van der Waals surface area contributed by atoms with Gasteiger partial charge in [0.1, 0.15) is 5.82 Å². The first kappa shape index (κ1) is 16.4. The second-order valence-electron chi connectivity index (χ2n) is 6.38. The molecule has 1 aromatic carbocycles. The summed E-state index contributed by atoms with van der Waals surface area (Å²) in [5.41, 5.74) is -0.990. The first-order valence-corrected chi connectivity index (χ1v) is 9.13. The molecule has 0 saturated heterocycles. The summed E-state index contributed by atoms with van der Waals surface area (Å²) < 4.78 is 38.8. The summed E-state index contributed by atoms with van der Waals surface area (Å²) in [6.45, 7) is 3.60. The van der Waals surface area contributed by atoms with Crippen molar-refractivity contribution in [2.75, 3.05) is 5.75 Å². The van der Waals surface area contributed by atoms with Crippen molar-refractivity contribution in [1.29, 1.82) is 0 Å². The lowest BCUT2D eigenvalue weighted by Crippen LogP contribution is -2.41. The van der Waals surface area contributed by atoms with E-state index < -0.39 is 26.5 Å². The van der Waals surface area contributed by atoms with Crippen LogP contribution < -0.4 is 0 Å². The highest BCUT2D eigenvalue weighted by molar-refractivity contribution is 7.91. The van der Waals surface area contributed by atoms with Gasteiger partial charge in [0.2, 0.25) is 0 Å². The molecule has 1 atom stereocenters. The largest absolute Gasteiger partial charge is 0.389 e. The molecule has 0 aromatic heterocycles. The van der Waals surface area contributed by atoms with Gasteiger partial charge in [0.15, 0.2) is 9.84 Å². The van der Waals surface area contributed by atoms with Crippen molar-refractivity contribution in [2.45, 2.75) is 50.4 Å². The Bertz CT molecular complexity index is 589. The monoisotopic (exact) mass is 314 g/mol. The van der Waals surface area contributed by atoms with Crippen molar-refractivity contribution in [2.24, 2.45) is 5.92 Å². The van der Waals surface area contributed by atoms with E-state index in [1.165, 1.54) is 25.1 Å². The fourth-order valence-electron chi connectivity index (χ4n) is 2.94. The minimum Gasteiger partial charge on any atom is -0.389 e. The molecule has 3 nitrogen and oxygen atoms in total. The highest BCUT2D eigenvalue weighted by Gasteiger charge is 2.39. The summed E-state index contributed by atoms with van der Waals surface area (Å²) in [6, 6.07) is 5.92. The van der Waals surface area contributed by atoms with E-state index >= 15 is 0 Å². The number of aliphatic hydroxyl groups is 1. The van der Waals surface area contributed by atoms with E-state index in [1.54, 1.807) is 6.07 Å². The molecule has 0 heterocycles. The second kappa shape index (κ2) is 6.05. The number of hydrogen-bond donors (Lipinski definition) is 1. The van der Waals surface area contributed by atoms with Crippen LogP contribution in [0.4, 0.5) is 4.39 Å². The summed E-state index contributed by atoms with van der Waals surface area (Å²) in [5, 5.41) is 9.57. The number of hydrogen-bond acceptors (Lipinski definition) is 3. The molecule has 21 heavy (non-hydrogen) atoms. The Hall–Kier alpha value is -0.940. The van der Waals surface area contributed by atoms with Crippen molar-refractivity contribution in [3.8, 4) is 0 Å². The van der Waals surface area contributed by atoms with Gasteiger partial charge < -0.3 is 5.11 Å². The van der Waals surface area contributed by atoms with Crippen LogP contribution in [-0.2, 0) is 9.84 Å². The normalized spacial score (nSPS) is 28.3. The zero-order chi connectivity index (χ0) is 15.7. The van der Waals surface area contributed by atoms with Crippen LogP contribution in [0.3, 0.4) is 0 Å². The summed E-state index contributed by atoms with van der Waals surface area (Å²) in [7, 11) is -3.60. The van der Waals surface area contributed by atoms with Gasteiger partial charge in [-0.2, -0.15) is 0 Å². The van der Waals surface area contributed by atoms with Gasteiger partial charge in [-0.15, -0.1) is 0 Å². The topological polar surface area (TPSA) is 54.4 Å². The van der Waals surface area contributed by atoms with Gasteiger partial charge >= 0.3 is 0 Å². The standard InChI is InChI=1S/C16H23FO3S/c1-12-7-9-16(18,10-8-12)11-21(19,20)13(2)14-5-3-4-6-15(14)17/h3-6,12-13,18H,7-11H2,1-2H3/t12?,13-,16?/m0/s1. The molecular weight excluding hydrogens is 291 g/mol. The van der Waals surface area contributed by atoms with Crippen LogP contribution in [0.5, 0.6) is 0 Å². The summed E-state index contributed by atoms with van der Waals surface area (Å²) in [4.78, 5) is 0. The SMILES string of the molecule is CC1CCC(O)(CS(=O)(=O)[C@@H](C)c2ccccc2F)CC1. The highest BCUT2D eigenvalue weighted by atomic mass is 32.2. The molecule has 5 heteroatoms. The molecular formula is C16H23FO3S. The van der Waals surface area contributed by atoms with Crippen LogP contribution in [0.15, 0.2) is 24.3 Å². The Labute approximate surface area is 126 Å². The molecule has 0 radical (unpaired) electrons. The van der Waals surface area contributed by atoms with Crippen LogP contribution in [0.2, 0.25) is 0 Å². The predicted molar refractivity (Wildman–Crippen MR) is 81.2 cm³/mol. The van der Waals surface area contributed by atoms with Gasteiger partial charge in [-0.05, 0) is 44.6 Å². The van der Waals surface area contributed by atoms with E-state index in [-0.39, 0.29) is 11.3 Å². The Morgan fingerprint density at radius 3 is 2.48 bits per heavy atom. The molecule has 0 amide bonds. The van der Waals surface area contributed by atoms with Crippen LogP contribution >= 0.6 is 0 Å². The highest BCUT2D eigenvalue weighted by Crippen LogP contribution is 2.35. The third-order valence-corrected chi connectivity index (χ3v) is 6.83. The average molecular weight is 314 g/mol. The van der Waals surface area contributed by atoms with Gasteiger partial charge in [0, 0.05) is 5.56 Å². The lowest BCUT2D eigenvalue weighted by atomic mass is 9.81. The molecule has 0 bridgehead atoms. The fourth-order valence-corrected chi connectivity index (χ4v) is 4.81. The van der Waals surface area contributed by atoms with Gasteiger partial charge in [-0.25, -0.2) is 12.8 Å². The Kier molecular flexibility index (Phi) is 4.73. The summed E-state index contributed by atoms with van der Waals surface area (Å²) in [5.74, 6) is -0.280. The second-order valence-corrected chi connectivity index (χ2v) is 8.70. The molecule has 118 valence electrons. The first-order chi connectivity index (χ1) is 9.73. The quantitative estimate of drug-likeness (QED) is 0.928. The summed E-state index contributed by atoms with van der Waals surface area (Å²) in [6.07, 6.45) is 2.66. The lowest BCUT2D eigenvalue weighted by molar-refractivity contribution is 0.0134. The van der Waals surface area contributed by atoms with E-state index in [0.29, 0.717) is 18.8 Å². The number of halogens is 1. The minimum absolute atomic E-state index is 0.172. The van der Waals surface area contributed by atoms with Crippen molar-refractivity contribution in [3.63, 3.8) is 0 Å².